The molecule has 118 valence electrons. The summed E-state index contributed by atoms with van der Waals surface area (Å²) in [6.45, 7) is 3.55. The van der Waals surface area contributed by atoms with Gasteiger partial charge in [-0.25, -0.2) is 8.42 Å². The first kappa shape index (κ1) is 15.5. The van der Waals surface area contributed by atoms with Crippen LogP contribution in [0.4, 0.5) is 0 Å². The normalized spacial score (nSPS) is 18.2. The summed E-state index contributed by atoms with van der Waals surface area (Å²) in [5.41, 5.74) is 2.69. The maximum Gasteiger partial charge on any atom is 0.248 e. The molecule has 0 saturated heterocycles. The van der Waals surface area contributed by atoms with Crippen LogP contribution >= 0.6 is 0 Å². The molecule has 0 aromatic heterocycles. The smallest absolute Gasteiger partial charge is 0.248 e. The highest BCUT2D eigenvalue weighted by Crippen LogP contribution is 2.33. The van der Waals surface area contributed by atoms with Crippen LogP contribution in [-0.4, -0.2) is 19.7 Å². The maximum absolute atomic E-state index is 13.0. The number of nitrogens with one attached hydrogen (secondary N) is 1. The topological polar surface area (TPSA) is 63.2 Å². The number of hydrogen-bond acceptors (Lipinski definition) is 3. The zero-order chi connectivity index (χ0) is 16.6. The van der Waals surface area contributed by atoms with E-state index in [2.05, 4.69) is 5.32 Å². The standard InChI is InChI=1S/C18H17NO3S/c1-12-8-10-15(11-9-12)23(21,22)18-16(13(2)17(20)19-18)14-6-4-3-5-7-14/h3-11,18H,1-2H3,(H,19,20). The first-order valence-corrected chi connectivity index (χ1v) is 8.83. The van der Waals surface area contributed by atoms with Gasteiger partial charge in [0.1, 0.15) is 0 Å². The molecule has 2 aromatic carbocycles. The Morgan fingerprint density at radius 3 is 2.13 bits per heavy atom. The van der Waals surface area contributed by atoms with Crippen molar-refractivity contribution in [2.75, 3.05) is 0 Å². The lowest BCUT2D eigenvalue weighted by Crippen LogP contribution is -2.35. The fourth-order valence-electron chi connectivity index (χ4n) is 2.70. The maximum atomic E-state index is 13.0. The Bertz CT molecular complexity index is 882. The Morgan fingerprint density at radius 2 is 1.52 bits per heavy atom. The highest BCUT2D eigenvalue weighted by atomic mass is 32.2. The Kier molecular flexibility index (Phi) is 3.82. The molecule has 5 heteroatoms. The molecule has 3 rings (SSSR count). The third kappa shape index (κ3) is 2.68. The van der Waals surface area contributed by atoms with Crippen LogP contribution in [0.1, 0.15) is 18.1 Å². The minimum Gasteiger partial charge on any atom is -0.332 e. The van der Waals surface area contributed by atoms with Crippen molar-refractivity contribution in [3.05, 3.63) is 71.3 Å². The van der Waals surface area contributed by atoms with Crippen molar-refractivity contribution < 1.29 is 13.2 Å². The van der Waals surface area contributed by atoms with E-state index in [4.69, 9.17) is 0 Å². The van der Waals surface area contributed by atoms with Crippen LogP contribution < -0.4 is 5.32 Å². The summed E-state index contributed by atoms with van der Waals surface area (Å²) in [5.74, 6) is -0.343. The fourth-order valence-corrected chi connectivity index (χ4v) is 4.37. The Balaban J connectivity index is 2.12. The average Bonchev–Trinajstić information content (AvgIpc) is 2.85. The summed E-state index contributed by atoms with van der Waals surface area (Å²) in [6.07, 6.45) is 0. The minimum absolute atomic E-state index is 0.205. The van der Waals surface area contributed by atoms with E-state index in [9.17, 15) is 13.2 Å². The second kappa shape index (κ2) is 5.66. The largest absolute Gasteiger partial charge is 0.332 e. The summed E-state index contributed by atoms with van der Waals surface area (Å²) < 4.78 is 25.9. The van der Waals surface area contributed by atoms with Gasteiger partial charge in [0.05, 0.1) is 4.90 Å². The molecule has 2 aromatic rings. The van der Waals surface area contributed by atoms with E-state index in [0.717, 1.165) is 11.1 Å². The van der Waals surface area contributed by atoms with Crippen LogP contribution in [0, 0.1) is 6.92 Å². The van der Waals surface area contributed by atoms with Crippen LogP contribution in [0.5, 0.6) is 0 Å². The summed E-state index contributed by atoms with van der Waals surface area (Å²) in [6, 6.07) is 15.8. The predicted molar refractivity (Wildman–Crippen MR) is 89.3 cm³/mol. The molecule has 1 amide bonds. The van der Waals surface area contributed by atoms with Crippen molar-refractivity contribution in [1.82, 2.24) is 5.32 Å². The van der Waals surface area contributed by atoms with E-state index in [-0.39, 0.29) is 10.8 Å². The number of sulfone groups is 1. The fraction of sp³-hybridized carbons (Fsp3) is 0.167. The lowest BCUT2D eigenvalue weighted by atomic mass is 10.0. The molecule has 23 heavy (non-hydrogen) atoms. The minimum atomic E-state index is -3.71. The number of rotatable bonds is 3. The van der Waals surface area contributed by atoms with Gasteiger partial charge in [-0.3, -0.25) is 4.79 Å². The van der Waals surface area contributed by atoms with Gasteiger partial charge in [-0.1, -0.05) is 48.0 Å². The molecule has 0 saturated carbocycles. The first-order valence-electron chi connectivity index (χ1n) is 7.29. The van der Waals surface area contributed by atoms with E-state index in [1.807, 2.05) is 37.3 Å². The van der Waals surface area contributed by atoms with Gasteiger partial charge in [-0.2, -0.15) is 0 Å². The van der Waals surface area contributed by atoms with Crippen molar-refractivity contribution in [3.8, 4) is 0 Å². The van der Waals surface area contributed by atoms with Gasteiger partial charge in [-0.15, -0.1) is 0 Å². The molecule has 1 atom stereocenters. The first-order chi connectivity index (χ1) is 10.9. The third-order valence-corrected chi connectivity index (χ3v) is 5.92. The molecule has 0 radical (unpaired) electrons. The monoisotopic (exact) mass is 327 g/mol. The number of aryl methyl sites for hydroxylation is 1. The Hall–Kier alpha value is -2.40. The Labute approximate surface area is 135 Å². The van der Waals surface area contributed by atoms with Crippen LogP contribution in [0.25, 0.3) is 5.57 Å². The summed E-state index contributed by atoms with van der Waals surface area (Å²) >= 11 is 0. The molecule has 1 aliphatic heterocycles. The number of hydrogen-bond donors (Lipinski definition) is 1. The quantitative estimate of drug-likeness (QED) is 0.943. The van der Waals surface area contributed by atoms with Gasteiger partial charge >= 0.3 is 0 Å². The zero-order valence-corrected chi connectivity index (χ0v) is 13.7. The lowest BCUT2D eigenvalue weighted by Gasteiger charge is -2.17. The number of carbonyl (C=O) groups excluding carboxylic acids is 1. The summed E-state index contributed by atoms with van der Waals surface area (Å²) in [5, 5.41) is 1.55. The highest BCUT2D eigenvalue weighted by Gasteiger charge is 2.39. The second-order valence-electron chi connectivity index (χ2n) is 5.62. The summed E-state index contributed by atoms with van der Waals surface area (Å²) in [4.78, 5) is 12.3. The average molecular weight is 327 g/mol. The van der Waals surface area contributed by atoms with Crippen LogP contribution in [0.3, 0.4) is 0 Å². The van der Waals surface area contributed by atoms with E-state index in [0.29, 0.717) is 11.1 Å². The number of amides is 1. The summed E-state index contributed by atoms with van der Waals surface area (Å²) in [7, 11) is -3.71. The molecule has 0 spiro atoms. The van der Waals surface area contributed by atoms with Crippen LogP contribution in [-0.2, 0) is 14.6 Å². The van der Waals surface area contributed by atoms with Crippen molar-refractivity contribution >= 4 is 21.3 Å². The van der Waals surface area contributed by atoms with Gasteiger partial charge in [0.25, 0.3) is 0 Å². The molecule has 1 N–H and O–H groups in total. The van der Waals surface area contributed by atoms with Gasteiger partial charge in [0, 0.05) is 11.1 Å². The lowest BCUT2D eigenvalue weighted by molar-refractivity contribution is -0.116. The van der Waals surface area contributed by atoms with Crippen molar-refractivity contribution in [3.63, 3.8) is 0 Å². The number of benzene rings is 2. The molecular weight excluding hydrogens is 310 g/mol. The van der Waals surface area contributed by atoms with Crippen molar-refractivity contribution in [2.24, 2.45) is 0 Å². The Morgan fingerprint density at radius 1 is 0.913 bits per heavy atom. The molecule has 4 nitrogen and oxygen atoms in total. The molecule has 1 unspecified atom stereocenters. The van der Waals surface area contributed by atoms with Crippen LogP contribution in [0.15, 0.2) is 65.1 Å². The SMILES string of the molecule is CC1=C(c2ccccc2)C(S(=O)(=O)c2ccc(C)cc2)NC1=O. The van der Waals surface area contributed by atoms with Crippen molar-refractivity contribution in [1.29, 1.82) is 0 Å². The predicted octanol–water partition coefficient (Wildman–Crippen LogP) is 2.70. The number of carbonyl (C=O) groups is 1. The van der Waals surface area contributed by atoms with Gasteiger partial charge in [0.15, 0.2) is 5.37 Å². The van der Waals surface area contributed by atoms with Gasteiger partial charge < -0.3 is 5.32 Å². The molecule has 1 heterocycles. The molecule has 0 bridgehead atoms. The third-order valence-electron chi connectivity index (χ3n) is 4.01. The van der Waals surface area contributed by atoms with E-state index in [1.165, 1.54) is 0 Å². The van der Waals surface area contributed by atoms with E-state index < -0.39 is 15.2 Å². The van der Waals surface area contributed by atoms with Crippen molar-refractivity contribution in [2.45, 2.75) is 24.1 Å². The van der Waals surface area contributed by atoms with E-state index >= 15 is 0 Å². The highest BCUT2D eigenvalue weighted by molar-refractivity contribution is 7.92. The zero-order valence-electron chi connectivity index (χ0n) is 12.9. The van der Waals surface area contributed by atoms with Gasteiger partial charge in [-0.05, 0) is 31.5 Å². The molecule has 0 aliphatic carbocycles. The van der Waals surface area contributed by atoms with E-state index in [1.54, 1.807) is 31.2 Å². The molecular formula is C18H17NO3S. The second-order valence-corrected chi connectivity index (χ2v) is 7.65. The van der Waals surface area contributed by atoms with Crippen LogP contribution in [0.2, 0.25) is 0 Å². The van der Waals surface area contributed by atoms with Gasteiger partial charge in [0.2, 0.25) is 15.7 Å². The molecule has 0 fully saturated rings. The molecule has 1 aliphatic rings.